The number of nitrogens with one attached hydrogen (secondary N) is 2. The number of rotatable bonds is 5. The smallest absolute Gasteiger partial charge is 0.319 e. The maximum atomic E-state index is 12.7. The number of hydrogen-bond donors (Lipinski definition) is 3. The largest absolute Gasteiger partial charge is 0.496 e. The first-order chi connectivity index (χ1) is 16.3. The van der Waals surface area contributed by atoms with Crippen LogP contribution in [0.1, 0.15) is 37.0 Å². The van der Waals surface area contributed by atoms with Gasteiger partial charge in [-0.05, 0) is 35.7 Å². The van der Waals surface area contributed by atoms with Crippen LogP contribution in [-0.2, 0) is 16.8 Å². The monoisotopic (exact) mass is 458 g/mol. The Morgan fingerprint density at radius 1 is 1.09 bits per heavy atom. The molecule has 3 amide bonds. The Balaban J connectivity index is 1.64. The van der Waals surface area contributed by atoms with Crippen LogP contribution in [0.15, 0.2) is 66.7 Å². The number of nitrogen functional groups attached to an aromatic ring is 1. The molecule has 7 heteroatoms. The van der Waals surface area contributed by atoms with E-state index in [1.807, 2.05) is 48.5 Å². The van der Waals surface area contributed by atoms with Gasteiger partial charge in [0.05, 0.1) is 18.5 Å². The predicted molar refractivity (Wildman–Crippen MR) is 135 cm³/mol. The number of benzene rings is 3. The molecule has 3 aromatic carbocycles. The molecular weight excluding hydrogens is 428 g/mol. The van der Waals surface area contributed by atoms with Crippen molar-refractivity contribution in [1.82, 2.24) is 5.32 Å². The molecule has 3 aromatic rings. The molecule has 7 nitrogen and oxygen atoms in total. The van der Waals surface area contributed by atoms with Gasteiger partial charge in [-0.3, -0.25) is 4.79 Å². The van der Waals surface area contributed by atoms with Crippen molar-refractivity contribution >= 4 is 29.0 Å². The third kappa shape index (κ3) is 4.41. The van der Waals surface area contributed by atoms with E-state index in [0.717, 1.165) is 28.8 Å². The summed E-state index contributed by atoms with van der Waals surface area (Å²) in [4.78, 5) is 26.8. The van der Waals surface area contributed by atoms with E-state index in [1.165, 1.54) is 0 Å². The van der Waals surface area contributed by atoms with Crippen molar-refractivity contribution < 1.29 is 14.3 Å². The highest BCUT2D eigenvalue weighted by atomic mass is 16.5. The van der Waals surface area contributed by atoms with Gasteiger partial charge in [-0.1, -0.05) is 55.5 Å². The van der Waals surface area contributed by atoms with Crippen LogP contribution in [0.4, 0.5) is 21.9 Å². The van der Waals surface area contributed by atoms with Gasteiger partial charge in [0, 0.05) is 36.7 Å². The molecule has 1 heterocycles. The summed E-state index contributed by atoms with van der Waals surface area (Å²) >= 11 is 0. The third-order valence-corrected chi connectivity index (χ3v) is 6.56. The molecule has 1 aliphatic rings. The van der Waals surface area contributed by atoms with Crippen molar-refractivity contribution in [3.63, 3.8) is 0 Å². The number of carbonyl (C=O) groups excluding carboxylic acids is 2. The number of nitrogens with two attached hydrogens (primary N) is 1. The Hall–Kier alpha value is -4.00. The van der Waals surface area contributed by atoms with Gasteiger partial charge in [0.2, 0.25) is 5.91 Å². The minimum absolute atomic E-state index is 0.0361. The Morgan fingerprint density at radius 3 is 2.50 bits per heavy atom. The molecule has 1 aliphatic heterocycles. The first kappa shape index (κ1) is 23.2. The molecule has 34 heavy (non-hydrogen) atoms. The standard InChI is InChI=1S/C27H30N4O3/c1-18(32)31-14-13-27(2,20-10-5-4-6-11-20)21-15-23(22(28)16-24(21)31)30-26(33)29-17-19-9-7-8-12-25(19)34-3/h4-12,15-16H,13-14,17,28H2,1-3H3,(H2,29,30,33). The highest BCUT2D eigenvalue weighted by Crippen LogP contribution is 2.46. The molecule has 0 saturated heterocycles. The fourth-order valence-electron chi connectivity index (χ4n) is 4.59. The Bertz CT molecular complexity index is 1210. The summed E-state index contributed by atoms with van der Waals surface area (Å²) < 4.78 is 5.35. The van der Waals surface area contributed by atoms with Crippen molar-refractivity contribution in [3.05, 3.63) is 83.4 Å². The minimum atomic E-state index is -0.377. The number of carbonyl (C=O) groups is 2. The molecule has 4 rings (SSSR count). The number of methoxy groups -OCH3 is 1. The van der Waals surface area contributed by atoms with Gasteiger partial charge < -0.3 is 26.0 Å². The first-order valence-electron chi connectivity index (χ1n) is 11.3. The predicted octanol–water partition coefficient (Wildman–Crippen LogP) is 4.66. The van der Waals surface area contributed by atoms with Crippen molar-refractivity contribution in [3.8, 4) is 5.75 Å². The van der Waals surface area contributed by atoms with E-state index < -0.39 is 0 Å². The molecule has 176 valence electrons. The van der Waals surface area contributed by atoms with Crippen LogP contribution in [0.2, 0.25) is 0 Å². The second-order valence-electron chi connectivity index (χ2n) is 8.69. The van der Waals surface area contributed by atoms with E-state index in [2.05, 4.69) is 29.7 Å². The van der Waals surface area contributed by atoms with Crippen molar-refractivity contribution in [2.45, 2.75) is 32.2 Å². The Labute approximate surface area is 199 Å². The van der Waals surface area contributed by atoms with Crippen LogP contribution in [-0.4, -0.2) is 25.6 Å². The maximum Gasteiger partial charge on any atom is 0.319 e. The summed E-state index contributed by atoms with van der Waals surface area (Å²) in [7, 11) is 1.60. The Kier molecular flexibility index (Phi) is 6.45. The summed E-state index contributed by atoms with van der Waals surface area (Å²) in [5.74, 6) is 0.671. The van der Waals surface area contributed by atoms with E-state index in [1.54, 1.807) is 25.0 Å². The molecule has 1 atom stereocenters. The average molecular weight is 459 g/mol. The molecule has 0 bridgehead atoms. The van der Waals surface area contributed by atoms with Gasteiger partial charge in [-0.25, -0.2) is 4.79 Å². The molecule has 0 aromatic heterocycles. The molecule has 0 radical (unpaired) electrons. The first-order valence-corrected chi connectivity index (χ1v) is 11.3. The normalized spacial score (nSPS) is 17.0. The second kappa shape index (κ2) is 9.47. The maximum absolute atomic E-state index is 12.7. The summed E-state index contributed by atoms with van der Waals surface area (Å²) in [5, 5.41) is 5.74. The third-order valence-electron chi connectivity index (χ3n) is 6.56. The molecular formula is C27H30N4O3. The zero-order valence-corrected chi connectivity index (χ0v) is 19.7. The van der Waals surface area contributed by atoms with E-state index in [4.69, 9.17) is 10.5 Å². The van der Waals surface area contributed by atoms with Gasteiger partial charge in [0.25, 0.3) is 0 Å². The SMILES string of the molecule is COc1ccccc1CNC(=O)Nc1cc2c(cc1N)N(C(C)=O)CCC2(C)c1ccccc1. The number of fused-ring (bicyclic) bond motifs is 1. The molecule has 0 fully saturated rings. The molecule has 1 unspecified atom stereocenters. The number of urea groups is 1. The second-order valence-corrected chi connectivity index (χ2v) is 8.69. The van der Waals surface area contributed by atoms with E-state index >= 15 is 0 Å². The summed E-state index contributed by atoms with van der Waals surface area (Å²) in [6, 6.07) is 21.0. The summed E-state index contributed by atoms with van der Waals surface area (Å²) in [6.45, 7) is 4.63. The van der Waals surface area contributed by atoms with Crippen molar-refractivity contribution in [1.29, 1.82) is 0 Å². The van der Waals surface area contributed by atoms with Crippen LogP contribution in [0.3, 0.4) is 0 Å². The lowest BCUT2D eigenvalue weighted by Crippen LogP contribution is -2.42. The average Bonchev–Trinajstić information content (AvgIpc) is 2.84. The lowest BCUT2D eigenvalue weighted by atomic mass is 9.70. The van der Waals surface area contributed by atoms with Crippen LogP contribution in [0.25, 0.3) is 0 Å². The number of amides is 3. The molecule has 4 N–H and O–H groups in total. The van der Waals surface area contributed by atoms with Crippen LogP contribution in [0, 0.1) is 0 Å². The fourth-order valence-corrected chi connectivity index (χ4v) is 4.59. The van der Waals surface area contributed by atoms with Crippen LogP contribution < -0.4 is 26.0 Å². The highest BCUT2D eigenvalue weighted by molar-refractivity contribution is 5.98. The van der Waals surface area contributed by atoms with Crippen molar-refractivity contribution in [2.24, 2.45) is 0 Å². The van der Waals surface area contributed by atoms with E-state index in [9.17, 15) is 9.59 Å². The van der Waals surface area contributed by atoms with E-state index in [-0.39, 0.29) is 17.4 Å². The van der Waals surface area contributed by atoms with E-state index in [0.29, 0.717) is 30.2 Å². The molecule has 0 saturated carbocycles. The number of nitrogens with zero attached hydrogens (tertiary/aromatic N) is 1. The van der Waals surface area contributed by atoms with Crippen LogP contribution >= 0.6 is 0 Å². The molecule has 0 aliphatic carbocycles. The highest BCUT2D eigenvalue weighted by Gasteiger charge is 2.38. The topological polar surface area (TPSA) is 96.7 Å². The summed E-state index contributed by atoms with van der Waals surface area (Å²) in [6.07, 6.45) is 0.757. The Morgan fingerprint density at radius 2 is 1.79 bits per heavy atom. The minimum Gasteiger partial charge on any atom is -0.496 e. The number of ether oxygens (including phenoxy) is 1. The van der Waals surface area contributed by atoms with Gasteiger partial charge >= 0.3 is 6.03 Å². The van der Waals surface area contributed by atoms with Gasteiger partial charge in [-0.15, -0.1) is 0 Å². The number of anilines is 3. The zero-order chi connectivity index (χ0) is 24.3. The quantitative estimate of drug-likeness (QED) is 0.485. The molecule has 0 spiro atoms. The van der Waals surface area contributed by atoms with Gasteiger partial charge in [-0.2, -0.15) is 0 Å². The number of hydrogen-bond acceptors (Lipinski definition) is 4. The lowest BCUT2D eigenvalue weighted by molar-refractivity contribution is -0.116. The lowest BCUT2D eigenvalue weighted by Gasteiger charge is -2.42. The summed E-state index contributed by atoms with van der Waals surface area (Å²) in [5.41, 5.74) is 10.7. The van der Waals surface area contributed by atoms with Gasteiger partial charge in [0.1, 0.15) is 5.75 Å². The zero-order valence-electron chi connectivity index (χ0n) is 19.7. The fraction of sp³-hybridized carbons (Fsp3) is 0.259. The van der Waals surface area contributed by atoms with Gasteiger partial charge in [0.15, 0.2) is 0 Å². The number of para-hydroxylation sites is 1. The van der Waals surface area contributed by atoms with Crippen LogP contribution in [0.5, 0.6) is 5.75 Å². The van der Waals surface area contributed by atoms with Crippen molar-refractivity contribution in [2.75, 3.05) is 29.6 Å².